The van der Waals surface area contributed by atoms with Crippen LogP contribution in [-0.4, -0.2) is 56.0 Å². The third-order valence-corrected chi connectivity index (χ3v) is 9.65. The average Bonchev–Trinajstić information content (AvgIpc) is 3.07. The second-order valence-corrected chi connectivity index (χ2v) is 12.0. The summed E-state index contributed by atoms with van der Waals surface area (Å²) < 4.78 is 1.84. The fraction of sp³-hybridized carbons (Fsp3) is 0.667. The highest BCUT2D eigenvalue weighted by Gasteiger charge is 2.45. The largest absolute Gasteiger partial charge is 0.476 e. The van der Waals surface area contributed by atoms with Crippen LogP contribution in [0.1, 0.15) is 95.7 Å². The summed E-state index contributed by atoms with van der Waals surface area (Å²) >= 11 is 0. The number of aliphatic carboxylic acids is 1. The molecule has 2 aliphatic heterocycles. The molecule has 4 bridgehead atoms. The van der Waals surface area contributed by atoms with Gasteiger partial charge in [0.2, 0.25) is 5.71 Å². The number of carbonyl (C=O) groups is 1. The molecular weight excluding hydrogens is 480 g/mol. The third kappa shape index (κ3) is 4.76. The lowest BCUT2D eigenvalue weighted by Crippen LogP contribution is -2.58. The van der Waals surface area contributed by atoms with Crippen molar-refractivity contribution in [3.63, 3.8) is 0 Å². The number of rotatable bonds is 6. The van der Waals surface area contributed by atoms with E-state index in [4.69, 9.17) is 4.84 Å². The minimum atomic E-state index is -1.31. The van der Waals surface area contributed by atoms with Crippen LogP contribution in [0.2, 0.25) is 0 Å². The highest BCUT2D eigenvalue weighted by Crippen LogP contribution is 2.47. The van der Waals surface area contributed by atoms with Crippen LogP contribution in [0.15, 0.2) is 34.2 Å². The van der Waals surface area contributed by atoms with Gasteiger partial charge >= 0.3 is 5.97 Å². The van der Waals surface area contributed by atoms with Crippen LogP contribution in [0.3, 0.4) is 0 Å². The Balaban J connectivity index is 1.36. The third-order valence-electron chi connectivity index (χ3n) is 9.65. The maximum Gasteiger partial charge on any atom is 0.360 e. The fourth-order valence-electron chi connectivity index (χ4n) is 8.29. The molecule has 0 radical (unpaired) electrons. The highest BCUT2D eigenvalue weighted by molar-refractivity contribution is 6.41. The summed E-state index contributed by atoms with van der Waals surface area (Å²) in [6.07, 6.45) is 15.1. The number of hydrogen-bond donors (Lipinski definition) is 1. The highest BCUT2D eigenvalue weighted by atomic mass is 16.6. The van der Waals surface area contributed by atoms with Crippen LogP contribution in [0, 0.1) is 11.8 Å². The topological polar surface area (TPSA) is 97.0 Å². The van der Waals surface area contributed by atoms with E-state index in [9.17, 15) is 14.7 Å². The molecule has 1 aromatic heterocycles. The van der Waals surface area contributed by atoms with Crippen molar-refractivity contribution >= 4 is 22.7 Å². The van der Waals surface area contributed by atoms with Gasteiger partial charge in [0.1, 0.15) is 6.61 Å². The first-order valence-electron chi connectivity index (χ1n) is 14.8. The van der Waals surface area contributed by atoms with Gasteiger partial charge in [-0.1, -0.05) is 49.4 Å². The zero-order valence-corrected chi connectivity index (χ0v) is 22.4. The first-order chi connectivity index (χ1) is 18.5. The van der Waals surface area contributed by atoms with Gasteiger partial charge in [0.15, 0.2) is 5.69 Å². The summed E-state index contributed by atoms with van der Waals surface area (Å²) in [6, 6.07) is 9.18. The first-order valence-corrected chi connectivity index (χ1v) is 14.8. The van der Waals surface area contributed by atoms with Gasteiger partial charge in [-0.3, -0.25) is 9.69 Å². The molecule has 2 aromatic rings. The minimum Gasteiger partial charge on any atom is -0.476 e. The molecule has 6 rings (SSSR count). The Morgan fingerprint density at radius 3 is 2.29 bits per heavy atom. The summed E-state index contributed by atoms with van der Waals surface area (Å²) in [4.78, 5) is 38.4. The lowest BCUT2D eigenvalue weighted by atomic mass is 9.73. The Kier molecular flexibility index (Phi) is 7.25. The molecule has 38 heavy (non-hydrogen) atoms. The molecular formula is C30H40N4O4. The van der Waals surface area contributed by atoms with E-state index < -0.39 is 11.7 Å². The molecule has 204 valence electrons. The van der Waals surface area contributed by atoms with E-state index in [1.807, 2.05) is 28.8 Å². The Morgan fingerprint density at radius 1 is 0.947 bits per heavy atom. The molecule has 8 heteroatoms. The van der Waals surface area contributed by atoms with Crippen molar-refractivity contribution in [1.29, 1.82) is 0 Å². The second-order valence-electron chi connectivity index (χ2n) is 12.0. The minimum absolute atomic E-state index is 0.00806. The molecule has 1 aromatic carbocycles. The van der Waals surface area contributed by atoms with Crippen LogP contribution in [0.4, 0.5) is 0 Å². The second kappa shape index (κ2) is 10.8. The summed E-state index contributed by atoms with van der Waals surface area (Å²) in [5.74, 6) is 0.455. The van der Waals surface area contributed by atoms with Crippen molar-refractivity contribution in [2.45, 2.75) is 108 Å². The van der Waals surface area contributed by atoms with Gasteiger partial charge in [0.25, 0.3) is 5.56 Å². The number of nitrogens with zero attached hydrogens (tertiary/aromatic N) is 4. The van der Waals surface area contributed by atoms with Gasteiger partial charge in [-0.05, 0) is 75.8 Å². The number of para-hydroxylation sites is 2. The van der Waals surface area contributed by atoms with Crippen LogP contribution in [0.25, 0.3) is 11.0 Å². The Bertz CT molecular complexity index is 1240. The number of fused-ring (bicyclic) bond motifs is 5. The molecule has 2 saturated heterocycles. The van der Waals surface area contributed by atoms with Crippen molar-refractivity contribution < 1.29 is 14.7 Å². The Labute approximate surface area is 224 Å². The van der Waals surface area contributed by atoms with E-state index in [2.05, 4.69) is 15.0 Å². The van der Waals surface area contributed by atoms with Crippen LogP contribution < -0.4 is 5.56 Å². The molecule has 2 aliphatic carbocycles. The van der Waals surface area contributed by atoms with E-state index in [1.165, 1.54) is 64.2 Å². The van der Waals surface area contributed by atoms with Gasteiger partial charge in [-0.2, -0.15) is 0 Å². The number of piperidine rings is 2. The zero-order chi connectivity index (χ0) is 26.2. The number of oxime groups is 1. The number of hydrogen-bond acceptors (Lipinski definition) is 6. The van der Waals surface area contributed by atoms with Crippen LogP contribution >= 0.6 is 0 Å². The Morgan fingerprint density at radius 2 is 1.63 bits per heavy atom. The lowest BCUT2D eigenvalue weighted by Gasteiger charge is -2.54. The van der Waals surface area contributed by atoms with Crippen molar-refractivity contribution in [3.05, 3.63) is 40.3 Å². The van der Waals surface area contributed by atoms with Gasteiger partial charge < -0.3 is 14.5 Å². The standard InChI is InChI=1S/C30H40N4O4/c1-2-38-32-28(30(36)37)27-29(35)34(26-13-6-5-12-25(26)31-27)24-17-21-10-7-11-22(18-24)33(21)23-15-19-8-3-4-9-20(14-19)16-23/h5-6,12-13,19-24H,2-4,7-11,14-18H2,1H3,(H,36,37)/b32-28-/t19-,20+,21-,22+,23?,24+. The van der Waals surface area contributed by atoms with Crippen molar-refractivity contribution in [2.24, 2.45) is 17.0 Å². The van der Waals surface area contributed by atoms with E-state index >= 15 is 0 Å². The monoisotopic (exact) mass is 520 g/mol. The molecule has 1 unspecified atom stereocenters. The van der Waals surface area contributed by atoms with E-state index in [0.717, 1.165) is 30.2 Å². The SMILES string of the molecule is CCO/N=C(\C(=O)O)c1nc2ccccc2n([C@H]2C[C@H]3CCC[C@@H](C2)N3C2C[C@H]3CCCC[C@@H](C2)C3)c1=O. The van der Waals surface area contributed by atoms with E-state index in [0.29, 0.717) is 23.6 Å². The zero-order valence-electron chi connectivity index (χ0n) is 22.4. The van der Waals surface area contributed by atoms with Gasteiger partial charge in [0.05, 0.1) is 11.0 Å². The lowest BCUT2D eigenvalue weighted by molar-refractivity contribution is -0.129. The molecule has 1 N–H and O–H groups in total. The van der Waals surface area contributed by atoms with Gasteiger partial charge in [0, 0.05) is 24.2 Å². The molecule has 4 aliphatic rings. The summed E-state index contributed by atoms with van der Waals surface area (Å²) in [5, 5.41) is 13.6. The predicted octanol–water partition coefficient (Wildman–Crippen LogP) is 5.14. The fourth-order valence-corrected chi connectivity index (χ4v) is 8.29. The van der Waals surface area contributed by atoms with E-state index in [-0.39, 0.29) is 23.9 Å². The smallest absolute Gasteiger partial charge is 0.360 e. The number of carboxylic acids is 1. The molecule has 3 heterocycles. The number of benzene rings is 1. The normalized spacial score (nSPS) is 32.1. The van der Waals surface area contributed by atoms with Crippen LogP contribution in [0.5, 0.6) is 0 Å². The van der Waals surface area contributed by atoms with Gasteiger partial charge in [-0.25, -0.2) is 9.78 Å². The Hall–Kier alpha value is -2.74. The average molecular weight is 521 g/mol. The first kappa shape index (κ1) is 25.5. The number of carboxylic acid groups (broad SMARTS) is 1. The maximum absolute atomic E-state index is 14.0. The summed E-state index contributed by atoms with van der Waals surface area (Å²) in [5.41, 5.74) is 0.413. The molecule has 0 amide bonds. The molecule has 4 fully saturated rings. The van der Waals surface area contributed by atoms with Crippen molar-refractivity contribution in [2.75, 3.05) is 6.61 Å². The summed E-state index contributed by atoms with van der Waals surface area (Å²) in [7, 11) is 0. The van der Waals surface area contributed by atoms with E-state index in [1.54, 1.807) is 6.92 Å². The van der Waals surface area contributed by atoms with Gasteiger partial charge in [-0.15, -0.1) is 0 Å². The number of aromatic nitrogens is 2. The predicted molar refractivity (Wildman–Crippen MR) is 146 cm³/mol. The molecule has 6 atom stereocenters. The molecule has 2 saturated carbocycles. The quantitative estimate of drug-likeness (QED) is 0.419. The van der Waals surface area contributed by atoms with Crippen molar-refractivity contribution in [1.82, 2.24) is 14.5 Å². The summed E-state index contributed by atoms with van der Waals surface area (Å²) in [6.45, 7) is 1.94. The maximum atomic E-state index is 14.0. The molecule has 8 nitrogen and oxygen atoms in total. The van der Waals surface area contributed by atoms with Crippen molar-refractivity contribution in [3.8, 4) is 0 Å². The molecule has 0 spiro atoms. The van der Waals surface area contributed by atoms with Crippen LogP contribution in [-0.2, 0) is 9.63 Å².